The molecule has 0 bridgehead atoms. The Bertz CT molecular complexity index is 775. The van der Waals surface area contributed by atoms with Crippen LogP contribution in [-0.2, 0) is 6.54 Å². The molecule has 1 N–H and O–H groups in total. The summed E-state index contributed by atoms with van der Waals surface area (Å²) in [5.74, 6) is 0. The standard InChI is InChI=1S/C15H17ClN4S/c1-10-14(20-6-7-21-15(20)18-10)9-17-12-8-11(16)4-5-13(12)19(2)3/h4-8,17H,9H2,1-3H3. The van der Waals surface area contributed by atoms with Gasteiger partial charge in [0.1, 0.15) is 0 Å². The molecular weight excluding hydrogens is 304 g/mol. The maximum atomic E-state index is 6.12. The predicted octanol–water partition coefficient (Wildman–Crippen LogP) is 4.04. The number of hydrogen-bond acceptors (Lipinski definition) is 4. The monoisotopic (exact) mass is 320 g/mol. The Morgan fingerprint density at radius 3 is 2.95 bits per heavy atom. The first-order valence-electron chi connectivity index (χ1n) is 6.68. The summed E-state index contributed by atoms with van der Waals surface area (Å²) < 4.78 is 2.13. The van der Waals surface area contributed by atoms with Gasteiger partial charge in [-0.3, -0.25) is 4.40 Å². The van der Waals surface area contributed by atoms with Gasteiger partial charge in [0.2, 0.25) is 0 Å². The zero-order chi connectivity index (χ0) is 15.0. The maximum Gasteiger partial charge on any atom is 0.194 e. The lowest BCUT2D eigenvalue weighted by Crippen LogP contribution is -2.12. The topological polar surface area (TPSA) is 32.6 Å². The lowest BCUT2D eigenvalue weighted by molar-refractivity contribution is 0.991. The van der Waals surface area contributed by atoms with Crippen LogP contribution in [0, 0.1) is 6.92 Å². The van der Waals surface area contributed by atoms with Gasteiger partial charge in [0.05, 0.1) is 29.3 Å². The molecule has 0 spiro atoms. The van der Waals surface area contributed by atoms with E-state index in [1.807, 2.05) is 39.2 Å². The van der Waals surface area contributed by atoms with E-state index in [0.717, 1.165) is 27.1 Å². The van der Waals surface area contributed by atoms with E-state index in [-0.39, 0.29) is 0 Å². The number of halogens is 1. The summed E-state index contributed by atoms with van der Waals surface area (Å²) in [6.07, 6.45) is 2.06. The van der Waals surface area contributed by atoms with Gasteiger partial charge in [0.25, 0.3) is 0 Å². The van der Waals surface area contributed by atoms with Gasteiger partial charge in [-0.1, -0.05) is 11.6 Å². The van der Waals surface area contributed by atoms with Crippen molar-refractivity contribution >= 4 is 39.3 Å². The smallest absolute Gasteiger partial charge is 0.194 e. The van der Waals surface area contributed by atoms with E-state index < -0.39 is 0 Å². The third-order valence-electron chi connectivity index (χ3n) is 3.45. The van der Waals surface area contributed by atoms with Crippen molar-refractivity contribution in [2.24, 2.45) is 0 Å². The van der Waals surface area contributed by atoms with Crippen LogP contribution in [0.4, 0.5) is 11.4 Å². The molecule has 0 unspecified atom stereocenters. The van der Waals surface area contributed by atoms with Crippen LogP contribution in [0.3, 0.4) is 0 Å². The largest absolute Gasteiger partial charge is 0.378 e. The van der Waals surface area contributed by atoms with Crippen molar-refractivity contribution in [2.75, 3.05) is 24.3 Å². The van der Waals surface area contributed by atoms with Gasteiger partial charge in [0.15, 0.2) is 4.96 Å². The van der Waals surface area contributed by atoms with Crippen LogP contribution in [0.15, 0.2) is 29.8 Å². The third-order valence-corrected chi connectivity index (χ3v) is 4.44. The molecule has 3 rings (SSSR count). The van der Waals surface area contributed by atoms with Gasteiger partial charge in [0, 0.05) is 30.7 Å². The van der Waals surface area contributed by atoms with Gasteiger partial charge < -0.3 is 10.2 Å². The van der Waals surface area contributed by atoms with Gasteiger partial charge in [-0.25, -0.2) is 4.98 Å². The molecule has 4 nitrogen and oxygen atoms in total. The second kappa shape index (κ2) is 5.58. The summed E-state index contributed by atoms with van der Waals surface area (Å²) in [5.41, 5.74) is 4.37. The summed E-state index contributed by atoms with van der Waals surface area (Å²) in [7, 11) is 4.05. The van der Waals surface area contributed by atoms with E-state index in [2.05, 4.69) is 31.2 Å². The number of nitrogens with one attached hydrogen (secondary N) is 1. The molecule has 0 amide bonds. The molecule has 0 radical (unpaired) electrons. The molecule has 110 valence electrons. The van der Waals surface area contributed by atoms with Crippen LogP contribution in [0.5, 0.6) is 0 Å². The highest BCUT2D eigenvalue weighted by Crippen LogP contribution is 2.28. The second-order valence-corrected chi connectivity index (χ2v) is 6.42. The fraction of sp³-hybridized carbons (Fsp3) is 0.267. The Hall–Kier alpha value is -1.72. The van der Waals surface area contributed by atoms with Crippen molar-refractivity contribution in [2.45, 2.75) is 13.5 Å². The van der Waals surface area contributed by atoms with Crippen molar-refractivity contribution in [3.8, 4) is 0 Å². The minimum atomic E-state index is 0.713. The number of nitrogens with zero attached hydrogens (tertiary/aromatic N) is 3. The average molecular weight is 321 g/mol. The number of rotatable bonds is 4. The maximum absolute atomic E-state index is 6.12. The van der Waals surface area contributed by atoms with Crippen LogP contribution >= 0.6 is 22.9 Å². The van der Waals surface area contributed by atoms with Gasteiger partial charge in [-0.2, -0.15) is 0 Å². The van der Waals surface area contributed by atoms with Crippen LogP contribution in [0.1, 0.15) is 11.4 Å². The van der Waals surface area contributed by atoms with Gasteiger partial charge >= 0.3 is 0 Å². The first kappa shape index (κ1) is 14.2. The van der Waals surface area contributed by atoms with Crippen LogP contribution in [0.2, 0.25) is 5.02 Å². The SMILES string of the molecule is Cc1nc2sccn2c1CNc1cc(Cl)ccc1N(C)C. The first-order chi connectivity index (χ1) is 10.1. The van der Waals surface area contributed by atoms with Crippen molar-refractivity contribution in [3.05, 3.63) is 46.2 Å². The molecule has 0 saturated carbocycles. The lowest BCUT2D eigenvalue weighted by atomic mass is 10.2. The number of aryl methyl sites for hydroxylation is 1. The summed E-state index contributed by atoms with van der Waals surface area (Å²) in [4.78, 5) is 7.67. The van der Waals surface area contributed by atoms with Gasteiger partial charge in [-0.15, -0.1) is 11.3 Å². The molecule has 2 aromatic heterocycles. The minimum Gasteiger partial charge on any atom is -0.378 e. The van der Waals surface area contributed by atoms with Crippen molar-refractivity contribution < 1.29 is 0 Å². The molecule has 0 atom stereocenters. The number of hydrogen-bond donors (Lipinski definition) is 1. The van der Waals surface area contributed by atoms with E-state index in [1.54, 1.807) is 11.3 Å². The quantitative estimate of drug-likeness (QED) is 0.787. The number of aromatic nitrogens is 2. The third kappa shape index (κ3) is 2.71. The molecule has 0 saturated heterocycles. The Balaban J connectivity index is 1.89. The number of benzene rings is 1. The summed E-state index contributed by atoms with van der Waals surface area (Å²) >= 11 is 7.77. The van der Waals surface area contributed by atoms with Crippen molar-refractivity contribution in [3.63, 3.8) is 0 Å². The molecule has 1 aromatic carbocycles. The summed E-state index contributed by atoms with van der Waals surface area (Å²) in [6.45, 7) is 2.76. The van der Waals surface area contributed by atoms with E-state index >= 15 is 0 Å². The number of thiazole rings is 1. The van der Waals surface area contributed by atoms with Gasteiger partial charge in [-0.05, 0) is 25.1 Å². The normalized spacial score (nSPS) is 11.0. The molecule has 3 aromatic rings. The Labute approximate surface area is 133 Å². The van der Waals surface area contributed by atoms with E-state index in [9.17, 15) is 0 Å². The molecule has 21 heavy (non-hydrogen) atoms. The fourth-order valence-electron chi connectivity index (χ4n) is 2.37. The van der Waals surface area contributed by atoms with Crippen LogP contribution in [-0.4, -0.2) is 23.5 Å². The zero-order valence-electron chi connectivity index (χ0n) is 12.2. The highest BCUT2D eigenvalue weighted by molar-refractivity contribution is 7.15. The Morgan fingerprint density at radius 1 is 1.38 bits per heavy atom. The first-order valence-corrected chi connectivity index (χ1v) is 7.94. The zero-order valence-corrected chi connectivity index (χ0v) is 13.8. The van der Waals surface area contributed by atoms with E-state index in [4.69, 9.17) is 11.6 Å². The lowest BCUT2D eigenvalue weighted by Gasteiger charge is -2.19. The fourth-order valence-corrected chi connectivity index (χ4v) is 3.32. The highest BCUT2D eigenvalue weighted by atomic mass is 35.5. The van der Waals surface area contributed by atoms with Crippen molar-refractivity contribution in [1.29, 1.82) is 0 Å². The molecule has 6 heteroatoms. The average Bonchev–Trinajstić information content (AvgIpc) is 2.97. The molecule has 2 heterocycles. The van der Waals surface area contributed by atoms with E-state index in [0.29, 0.717) is 6.54 Å². The van der Waals surface area contributed by atoms with Crippen LogP contribution in [0.25, 0.3) is 4.96 Å². The Morgan fingerprint density at radius 2 is 2.19 bits per heavy atom. The highest BCUT2D eigenvalue weighted by Gasteiger charge is 2.11. The van der Waals surface area contributed by atoms with E-state index in [1.165, 1.54) is 5.69 Å². The summed E-state index contributed by atoms with van der Waals surface area (Å²) in [6, 6.07) is 5.88. The minimum absolute atomic E-state index is 0.713. The molecular formula is C15H17ClN4S. The molecule has 0 aliphatic rings. The number of anilines is 2. The number of fused-ring (bicyclic) bond motifs is 1. The number of imidazole rings is 1. The predicted molar refractivity (Wildman–Crippen MR) is 90.9 cm³/mol. The summed E-state index contributed by atoms with van der Waals surface area (Å²) in [5, 5.41) is 6.26. The Kier molecular flexibility index (Phi) is 3.78. The molecule has 0 aliphatic carbocycles. The van der Waals surface area contributed by atoms with Crippen LogP contribution < -0.4 is 10.2 Å². The molecule has 0 aliphatic heterocycles. The molecule has 0 fully saturated rings. The second-order valence-electron chi connectivity index (χ2n) is 5.11. The van der Waals surface area contributed by atoms with Crippen molar-refractivity contribution in [1.82, 2.24) is 9.38 Å².